The molecule has 0 unspecified atom stereocenters. The highest BCUT2D eigenvalue weighted by Crippen LogP contribution is 2.32. The number of fused-ring (bicyclic) bond motifs is 1. The van der Waals surface area contributed by atoms with Crippen molar-refractivity contribution in [2.24, 2.45) is 0 Å². The number of thiazole rings is 1. The summed E-state index contributed by atoms with van der Waals surface area (Å²) in [5, 5.41) is 0.677. The summed E-state index contributed by atoms with van der Waals surface area (Å²) in [5.41, 5.74) is 1.38. The number of hydrogen-bond donors (Lipinski definition) is 0. The Morgan fingerprint density at radius 2 is 1.70 bits per heavy atom. The predicted octanol–water partition coefficient (Wildman–Crippen LogP) is 5.70. The van der Waals surface area contributed by atoms with E-state index in [1.807, 2.05) is 80.8 Å². The predicted molar refractivity (Wildman–Crippen MR) is 134 cm³/mol. The molecule has 0 spiro atoms. The summed E-state index contributed by atoms with van der Waals surface area (Å²) in [5.74, 6) is 1.99. The van der Waals surface area contributed by atoms with Gasteiger partial charge in [-0.3, -0.25) is 9.69 Å². The molecule has 7 heteroatoms. The first-order valence-electron chi connectivity index (χ1n) is 10.8. The SMILES string of the molecule is COc1ccc2sc(N(CCCN(C)C)C(=O)c3cccc(Oc4ccccc4)c3)nc2c1. The Balaban J connectivity index is 1.63. The molecule has 6 nitrogen and oxygen atoms in total. The molecule has 33 heavy (non-hydrogen) atoms. The van der Waals surface area contributed by atoms with Crippen LogP contribution >= 0.6 is 11.3 Å². The van der Waals surface area contributed by atoms with Crippen molar-refractivity contribution in [2.75, 3.05) is 39.2 Å². The van der Waals surface area contributed by atoms with E-state index in [2.05, 4.69) is 4.90 Å². The van der Waals surface area contributed by atoms with E-state index in [4.69, 9.17) is 14.5 Å². The van der Waals surface area contributed by atoms with Gasteiger partial charge in [0.15, 0.2) is 5.13 Å². The summed E-state index contributed by atoms with van der Waals surface area (Å²) in [7, 11) is 5.69. The van der Waals surface area contributed by atoms with Crippen LogP contribution in [0.2, 0.25) is 0 Å². The summed E-state index contributed by atoms with van der Waals surface area (Å²) in [6, 6.07) is 22.6. The number of carbonyl (C=O) groups excluding carboxylic acids is 1. The first kappa shape index (κ1) is 22.8. The number of anilines is 1. The molecule has 0 saturated carbocycles. The molecule has 0 N–H and O–H groups in total. The van der Waals surface area contributed by atoms with Gasteiger partial charge in [0.1, 0.15) is 17.2 Å². The third kappa shape index (κ3) is 5.69. The summed E-state index contributed by atoms with van der Waals surface area (Å²) < 4.78 is 12.3. The third-order valence-electron chi connectivity index (χ3n) is 5.11. The number of amides is 1. The van der Waals surface area contributed by atoms with Crippen molar-refractivity contribution >= 4 is 32.6 Å². The fourth-order valence-electron chi connectivity index (χ4n) is 3.44. The van der Waals surface area contributed by atoms with Gasteiger partial charge < -0.3 is 14.4 Å². The van der Waals surface area contributed by atoms with Gasteiger partial charge in [-0.2, -0.15) is 0 Å². The van der Waals surface area contributed by atoms with Crippen LogP contribution in [0.15, 0.2) is 72.8 Å². The quantitative estimate of drug-likeness (QED) is 0.320. The Morgan fingerprint density at radius 1 is 0.909 bits per heavy atom. The second-order valence-corrected chi connectivity index (χ2v) is 8.90. The van der Waals surface area contributed by atoms with E-state index in [1.165, 1.54) is 11.3 Å². The van der Waals surface area contributed by atoms with Crippen LogP contribution in [0.25, 0.3) is 10.2 Å². The Labute approximate surface area is 198 Å². The topological polar surface area (TPSA) is 54.9 Å². The summed E-state index contributed by atoms with van der Waals surface area (Å²) >= 11 is 1.51. The zero-order valence-corrected chi connectivity index (χ0v) is 19.8. The molecule has 0 aliphatic rings. The van der Waals surface area contributed by atoms with E-state index < -0.39 is 0 Å². The lowest BCUT2D eigenvalue weighted by molar-refractivity contribution is 0.0985. The van der Waals surface area contributed by atoms with Crippen LogP contribution in [0.5, 0.6) is 17.2 Å². The highest BCUT2D eigenvalue weighted by Gasteiger charge is 2.22. The van der Waals surface area contributed by atoms with Gasteiger partial charge in [-0.1, -0.05) is 35.6 Å². The number of carbonyl (C=O) groups is 1. The van der Waals surface area contributed by atoms with E-state index in [0.29, 0.717) is 23.0 Å². The number of benzene rings is 3. The Hall–Kier alpha value is -3.42. The highest BCUT2D eigenvalue weighted by molar-refractivity contribution is 7.22. The lowest BCUT2D eigenvalue weighted by Gasteiger charge is -2.21. The van der Waals surface area contributed by atoms with Crippen molar-refractivity contribution < 1.29 is 14.3 Å². The molecule has 1 amide bonds. The molecule has 4 aromatic rings. The third-order valence-corrected chi connectivity index (χ3v) is 6.17. The average Bonchev–Trinajstić information content (AvgIpc) is 3.25. The highest BCUT2D eigenvalue weighted by atomic mass is 32.1. The maximum absolute atomic E-state index is 13.6. The summed E-state index contributed by atoms with van der Waals surface area (Å²) in [4.78, 5) is 22.3. The number of methoxy groups -OCH3 is 1. The van der Waals surface area contributed by atoms with Crippen molar-refractivity contribution in [2.45, 2.75) is 6.42 Å². The fraction of sp³-hybridized carbons (Fsp3) is 0.231. The number of aromatic nitrogens is 1. The second kappa shape index (κ2) is 10.5. The summed E-state index contributed by atoms with van der Waals surface area (Å²) in [6.07, 6.45) is 0.832. The minimum Gasteiger partial charge on any atom is -0.497 e. The first-order valence-corrected chi connectivity index (χ1v) is 11.6. The van der Waals surface area contributed by atoms with Crippen molar-refractivity contribution in [1.29, 1.82) is 0 Å². The van der Waals surface area contributed by atoms with Crippen LogP contribution in [-0.2, 0) is 0 Å². The molecule has 0 fully saturated rings. The molecule has 0 bridgehead atoms. The molecule has 0 radical (unpaired) electrons. The average molecular weight is 462 g/mol. The van der Waals surface area contributed by atoms with Gasteiger partial charge in [0.25, 0.3) is 5.91 Å². The van der Waals surface area contributed by atoms with Crippen LogP contribution in [0.3, 0.4) is 0 Å². The van der Waals surface area contributed by atoms with E-state index in [-0.39, 0.29) is 5.91 Å². The Bertz CT molecular complexity index is 1220. The van der Waals surface area contributed by atoms with Crippen LogP contribution in [-0.4, -0.2) is 50.1 Å². The fourth-order valence-corrected chi connectivity index (χ4v) is 4.41. The molecule has 0 aliphatic carbocycles. The van der Waals surface area contributed by atoms with Gasteiger partial charge in [-0.05, 0) is 69.5 Å². The lowest BCUT2D eigenvalue weighted by Crippen LogP contribution is -2.33. The first-order chi connectivity index (χ1) is 16.0. The van der Waals surface area contributed by atoms with E-state index >= 15 is 0 Å². The van der Waals surface area contributed by atoms with Crippen LogP contribution in [0.4, 0.5) is 5.13 Å². The summed E-state index contributed by atoms with van der Waals surface area (Å²) in [6.45, 7) is 1.44. The monoisotopic (exact) mass is 461 g/mol. The van der Waals surface area contributed by atoms with Crippen molar-refractivity contribution in [3.8, 4) is 17.2 Å². The number of rotatable bonds is 9. The molecule has 0 aliphatic heterocycles. The molecule has 1 aromatic heterocycles. The normalized spacial score (nSPS) is 11.0. The van der Waals surface area contributed by atoms with E-state index in [0.717, 1.165) is 34.7 Å². The van der Waals surface area contributed by atoms with E-state index in [1.54, 1.807) is 18.1 Å². The zero-order valence-electron chi connectivity index (χ0n) is 19.0. The van der Waals surface area contributed by atoms with Gasteiger partial charge in [0.2, 0.25) is 0 Å². The Kier molecular flexibility index (Phi) is 7.22. The minimum atomic E-state index is -0.0988. The Morgan fingerprint density at radius 3 is 2.45 bits per heavy atom. The maximum atomic E-state index is 13.6. The molecule has 170 valence electrons. The molecular weight excluding hydrogens is 434 g/mol. The maximum Gasteiger partial charge on any atom is 0.260 e. The second-order valence-electron chi connectivity index (χ2n) is 7.89. The standard InChI is InChI=1S/C26H27N3O3S/c1-28(2)15-8-16-29(26-27-23-18-21(31-3)13-14-24(23)33-26)25(30)19-9-7-12-22(17-19)32-20-10-5-4-6-11-20/h4-7,9-14,17-18H,8,15-16H2,1-3H3. The zero-order chi connectivity index (χ0) is 23.2. The molecular formula is C26H27N3O3S. The van der Waals surface area contributed by atoms with E-state index in [9.17, 15) is 4.79 Å². The van der Waals surface area contributed by atoms with Crippen molar-refractivity contribution in [3.05, 3.63) is 78.4 Å². The largest absolute Gasteiger partial charge is 0.497 e. The van der Waals surface area contributed by atoms with Crippen LogP contribution in [0.1, 0.15) is 16.8 Å². The van der Waals surface area contributed by atoms with Gasteiger partial charge in [-0.15, -0.1) is 0 Å². The lowest BCUT2D eigenvalue weighted by atomic mass is 10.2. The number of hydrogen-bond acceptors (Lipinski definition) is 6. The van der Waals surface area contributed by atoms with Gasteiger partial charge in [-0.25, -0.2) is 4.98 Å². The molecule has 1 heterocycles. The van der Waals surface area contributed by atoms with Gasteiger partial charge in [0, 0.05) is 18.2 Å². The smallest absolute Gasteiger partial charge is 0.260 e. The van der Waals surface area contributed by atoms with Crippen molar-refractivity contribution in [1.82, 2.24) is 9.88 Å². The van der Waals surface area contributed by atoms with Gasteiger partial charge >= 0.3 is 0 Å². The van der Waals surface area contributed by atoms with Gasteiger partial charge in [0.05, 0.1) is 17.3 Å². The molecule has 0 saturated heterocycles. The molecule has 4 rings (SSSR count). The molecule has 3 aromatic carbocycles. The number of para-hydroxylation sites is 1. The number of nitrogens with zero attached hydrogens (tertiary/aromatic N) is 3. The van der Waals surface area contributed by atoms with Crippen molar-refractivity contribution in [3.63, 3.8) is 0 Å². The van der Waals surface area contributed by atoms with Crippen LogP contribution in [0, 0.1) is 0 Å². The number of ether oxygens (including phenoxy) is 2. The van der Waals surface area contributed by atoms with Crippen LogP contribution < -0.4 is 14.4 Å². The molecule has 0 atom stereocenters. The minimum absolute atomic E-state index is 0.0988.